The van der Waals surface area contributed by atoms with E-state index in [1.54, 1.807) is 0 Å². The van der Waals surface area contributed by atoms with Gasteiger partial charge in [-0.3, -0.25) is 14.9 Å². The number of non-ortho nitro benzene ring substituents is 1. The Kier molecular flexibility index (Phi) is 4.66. The lowest BCUT2D eigenvalue weighted by atomic mass is 10.1. The fraction of sp³-hybridized carbons (Fsp3) is 0.0833. The second kappa shape index (κ2) is 6.30. The van der Waals surface area contributed by atoms with Crippen LogP contribution in [0.15, 0.2) is 24.3 Å². The minimum absolute atomic E-state index is 0.0733. The van der Waals surface area contributed by atoms with Crippen LogP contribution >= 0.6 is 34.5 Å². The van der Waals surface area contributed by atoms with E-state index in [-0.39, 0.29) is 33.4 Å². The van der Waals surface area contributed by atoms with E-state index in [2.05, 4.69) is 5.32 Å². The van der Waals surface area contributed by atoms with Crippen LogP contribution in [-0.4, -0.2) is 15.9 Å². The van der Waals surface area contributed by atoms with Crippen LogP contribution in [0.4, 0.5) is 5.69 Å². The van der Waals surface area contributed by atoms with Crippen molar-refractivity contribution in [2.24, 2.45) is 0 Å². The SMILES string of the molecule is O=C(NCc1cc([N+](=O)[O-])ccc1O)c1cc(Cl)sc1Cl. The first-order valence-electron chi connectivity index (χ1n) is 5.58. The van der Waals surface area contributed by atoms with Gasteiger partial charge in [0.25, 0.3) is 11.6 Å². The average Bonchev–Trinajstić information content (AvgIpc) is 2.76. The number of benzene rings is 1. The number of nitro benzene ring substituents is 1. The van der Waals surface area contributed by atoms with Gasteiger partial charge in [0.2, 0.25) is 0 Å². The molecule has 0 aliphatic carbocycles. The van der Waals surface area contributed by atoms with E-state index >= 15 is 0 Å². The standard InChI is InChI=1S/C12H8Cl2N2O4S/c13-10-4-8(11(14)21-10)12(18)15-5-6-3-7(16(19)20)1-2-9(6)17/h1-4,17H,5H2,(H,15,18). The van der Waals surface area contributed by atoms with E-state index in [1.165, 1.54) is 24.3 Å². The third kappa shape index (κ3) is 3.63. The van der Waals surface area contributed by atoms with Gasteiger partial charge in [0, 0.05) is 24.2 Å². The molecule has 0 aliphatic heterocycles. The van der Waals surface area contributed by atoms with E-state index in [9.17, 15) is 20.0 Å². The molecule has 0 radical (unpaired) electrons. The van der Waals surface area contributed by atoms with Gasteiger partial charge >= 0.3 is 0 Å². The molecule has 0 saturated heterocycles. The summed E-state index contributed by atoms with van der Waals surface area (Å²) in [6, 6.07) is 5.00. The molecule has 0 aliphatic rings. The van der Waals surface area contributed by atoms with Gasteiger partial charge in [0.05, 0.1) is 14.8 Å². The topological polar surface area (TPSA) is 92.5 Å². The maximum Gasteiger partial charge on any atom is 0.270 e. The lowest BCUT2D eigenvalue weighted by Gasteiger charge is -2.06. The smallest absolute Gasteiger partial charge is 0.270 e. The number of phenolic OH excluding ortho intramolecular Hbond substituents is 1. The Morgan fingerprint density at radius 3 is 2.67 bits per heavy atom. The van der Waals surface area contributed by atoms with Crippen molar-refractivity contribution in [3.63, 3.8) is 0 Å². The summed E-state index contributed by atoms with van der Waals surface area (Å²) in [5, 5.41) is 22.8. The lowest BCUT2D eigenvalue weighted by molar-refractivity contribution is -0.384. The Bertz CT molecular complexity index is 717. The van der Waals surface area contributed by atoms with Crippen molar-refractivity contribution < 1.29 is 14.8 Å². The molecular weight excluding hydrogens is 339 g/mol. The molecule has 9 heteroatoms. The number of phenols is 1. The van der Waals surface area contributed by atoms with E-state index in [1.807, 2.05) is 0 Å². The molecule has 1 aromatic heterocycles. The van der Waals surface area contributed by atoms with Crippen LogP contribution in [0.2, 0.25) is 8.67 Å². The summed E-state index contributed by atoms with van der Waals surface area (Å²) < 4.78 is 0.629. The van der Waals surface area contributed by atoms with Gasteiger partial charge in [-0.2, -0.15) is 0 Å². The molecule has 1 aromatic carbocycles. The summed E-state index contributed by atoms with van der Waals surface area (Å²) >= 11 is 12.7. The molecule has 2 N–H and O–H groups in total. The average molecular weight is 347 g/mol. The molecule has 110 valence electrons. The zero-order valence-electron chi connectivity index (χ0n) is 10.3. The van der Waals surface area contributed by atoms with Gasteiger partial charge < -0.3 is 10.4 Å². The fourth-order valence-electron chi connectivity index (χ4n) is 1.59. The molecule has 6 nitrogen and oxygen atoms in total. The highest BCUT2D eigenvalue weighted by molar-refractivity contribution is 7.20. The van der Waals surface area contributed by atoms with Crippen molar-refractivity contribution in [3.05, 3.63) is 54.2 Å². The van der Waals surface area contributed by atoms with Crippen molar-refractivity contribution in [2.45, 2.75) is 6.54 Å². The number of amides is 1. The number of rotatable bonds is 4. The quantitative estimate of drug-likeness (QED) is 0.653. The van der Waals surface area contributed by atoms with Crippen molar-refractivity contribution in [2.75, 3.05) is 0 Å². The molecular formula is C12H8Cl2N2O4S. The highest BCUT2D eigenvalue weighted by Gasteiger charge is 2.15. The maximum atomic E-state index is 11.9. The van der Waals surface area contributed by atoms with Gasteiger partial charge in [-0.15, -0.1) is 11.3 Å². The zero-order valence-corrected chi connectivity index (χ0v) is 12.6. The van der Waals surface area contributed by atoms with Crippen LogP contribution in [0, 0.1) is 10.1 Å². The van der Waals surface area contributed by atoms with Gasteiger partial charge in [-0.05, 0) is 12.1 Å². The molecule has 1 amide bonds. The number of thiophene rings is 1. The van der Waals surface area contributed by atoms with Crippen molar-refractivity contribution in [1.29, 1.82) is 0 Å². The third-order valence-corrected chi connectivity index (χ3v) is 4.10. The van der Waals surface area contributed by atoms with E-state index in [0.29, 0.717) is 4.34 Å². The summed E-state index contributed by atoms with van der Waals surface area (Å²) in [5.74, 6) is -0.621. The molecule has 0 fully saturated rings. The fourth-order valence-corrected chi connectivity index (χ4v) is 3.05. The highest BCUT2D eigenvalue weighted by atomic mass is 35.5. The molecule has 0 spiro atoms. The number of hydrogen-bond donors (Lipinski definition) is 2. The number of nitrogens with zero attached hydrogens (tertiary/aromatic N) is 1. The van der Waals surface area contributed by atoms with Crippen LogP contribution in [-0.2, 0) is 6.54 Å². The Hall–Kier alpha value is -1.83. The van der Waals surface area contributed by atoms with Crippen LogP contribution in [0.25, 0.3) is 0 Å². The van der Waals surface area contributed by atoms with Gasteiger partial charge in [0.15, 0.2) is 0 Å². The number of nitro groups is 1. The first kappa shape index (κ1) is 15.6. The number of carbonyl (C=O) groups is 1. The number of nitrogens with one attached hydrogen (secondary N) is 1. The largest absolute Gasteiger partial charge is 0.508 e. The second-order valence-corrected chi connectivity index (χ2v) is 6.28. The van der Waals surface area contributed by atoms with Crippen LogP contribution in [0.3, 0.4) is 0 Å². The molecule has 0 atom stereocenters. The van der Waals surface area contributed by atoms with E-state index < -0.39 is 10.8 Å². The summed E-state index contributed by atoms with van der Waals surface area (Å²) in [6.45, 7) is -0.0733. The highest BCUT2D eigenvalue weighted by Crippen LogP contribution is 2.31. The first-order chi connectivity index (χ1) is 9.88. The first-order valence-corrected chi connectivity index (χ1v) is 7.15. The normalized spacial score (nSPS) is 10.4. The van der Waals surface area contributed by atoms with Crippen molar-refractivity contribution in [1.82, 2.24) is 5.32 Å². The second-order valence-electron chi connectivity index (χ2n) is 3.99. The molecule has 0 bridgehead atoms. The van der Waals surface area contributed by atoms with Gasteiger partial charge in [0.1, 0.15) is 10.1 Å². The Morgan fingerprint density at radius 1 is 1.38 bits per heavy atom. The summed E-state index contributed by atoms with van der Waals surface area (Å²) in [7, 11) is 0. The predicted octanol–water partition coefficient (Wildman–Crippen LogP) is 3.60. The number of aromatic hydroxyl groups is 1. The number of halogens is 2. The summed E-state index contributed by atoms with van der Waals surface area (Å²) in [4.78, 5) is 22.0. The monoisotopic (exact) mass is 346 g/mol. The predicted molar refractivity (Wildman–Crippen MR) is 80.3 cm³/mol. The molecule has 0 unspecified atom stereocenters. The number of carbonyl (C=O) groups excluding carboxylic acids is 1. The summed E-state index contributed by atoms with van der Waals surface area (Å²) in [6.07, 6.45) is 0. The Balaban J connectivity index is 2.13. The molecule has 0 saturated carbocycles. The van der Waals surface area contributed by atoms with Crippen LogP contribution in [0.5, 0.6) is 5.75 Å². The summed E-state index contributed by atoms with van der Waals surface area (Å²) in [5.41, 5.74) is 0.278. The Morgan fingerprint density at radius 2 is 2.10 bits per heavy atom. The lowest BCUT2D eigenvalue weighted by Crippen LogP contribution is -2.22. The molecule has 1 heterocycles. The molecule has 2 rings (SSSR count). The van der Waals surface area contributed by atoms with Crippen molar-refractivity contribution >= 4 is 46.1 Å². The molecule has 21 heavy (non-hydrogen) atoms. The minimum atomic E-state index is -0.583. The Labute approximate surface area is 133 Å². The molecule has 2 aromatic rings. The van der Waals surface area contributed by atoms with Crippen LogP contribution in [0.1, 0.15) is 15.9 Å². The number of hydrogen-bond acceptors (Lipinski definition) is 5. The minimum Gasteiger partial charge on any atom is -0.508 e. The zero-order chi connectivity index (χ0) is 15.6. The maximum absolute atomic E-state index is 11.9. The van der Waals surface area contributed by atoms with Gasteiger partial charge in [-0.25, -0.2) is 0 Å². The van der Waals surface area contributed by atoms with Crippen molar-refractivity contribution in [3.8, 4) is 5.75 Å². The van der Waals surface area contributed by atoms with Gasteiger partial charge in [-0.1, -0.05) is 23.2 Å². The third-order valence-electron chi connectivity index (χ3n) is 2.61. The van der Waals surface area contributed by atoms with E-state index in [0.717, 1.165) is 11.3 Å². The van der Waals surface area contributed by atoms with Crippen LogP contribution < -0.4 is 5.32 Å². The van der Waals surface area contributed by atoms with E-state index in [4.69, 9.17) is 23.2 Å².